The number of benzene rings is 1. The highest BCUT2D eigenvalue weighted by molar-refractivity contribution is 5.83. The highest BCUT2D eigenvalue weighted by Gasteiger charge is 2.40. The van der Waals surface area contributed by atoms with Crippen molar-refractivity contribution < 1.29 is 4.74 Å². The van der Waals surface area contributed by atoms with Gasteiger partial charge >= 0.3 is 0 Å². The molecule has 0 radical (unpaired) electrons. The minimum Gasteiger partial charge on any atom is -0.497 e. The topological polar surface area (TPSA) is 41.5 Å². The Morgan fingerprint density at radius 3 is 2.75 bits per heavy atom. The van der Waals surface area contributed by atoms with Crippen LogP contribution in [-0.2, 0) is 0 Å². The van der Waals surface area contributed by atoms with Gasteiger partial charge in [-0.2, -0.15) is 0 Å². The van der Waals surface area contributed by atoms with Crippen LogP contribution in [0.15, 0.2) is 18.2 Å². The molecule has 5 heteroatoms. The second-order valence-electron chi connectivity index (χ2n) is 7.50. The standard InChI is InChI=1S/C19H26N4O/c1-14-16-6-5-15(24-3)11-17(16)21-18(20-14)23-9-4-7-19(13-23)8-10-22(2)12-19/h5-6,11H,4,7-10,12-13H2,1-3H3. The maximum absolute atomic E-state index is 5.36. The lowest BCUT2D eigenvalue weighted by molar-refractivity contribution is 0.233. The molecule has 2 aliphatic rings. The molecule has 0 N–H and O–H groups in total. The van der Waals surface area contributed by atoms with Crippen molar-refractivity contribution in [3.05, 3.63) is 23.9 Å². The predicted molar refractivity (Wildman–Crippen MR) is 96.8 cm³/mol. The number of likely N-dealkylation sites (tertiary alicyclic amines) is 1. The van der Waals surface area contributed by atoms with Gasteiger partial charge in [-0.1, -0.05) is 0 Å². The fraction of sp³-hybridized carbons (Fsp3) is 0.579. The van der Waals surface area contributed by atoms with Crippen LogP contribution in [0.5, 0.6) is 5.75 Å². The monoisotopic (exact) mass is 326 g/mol. The van der Waals surface area contributed by atoms with E-state index in [1.54, 1.807) is 7.11 Å². The highest BCUT2D eigenvalue weighted by Crippen LogP contribution is 2.39. The number of aromatic nitrogens is 2. The van der Waals surface area contributed by atoms with Crippen molar-refractivity contribution in [2.24, 2.45) is 5.41 Å². The van der Waals surface area contributed by atoms with Gasteiger partial charge in [-0.25, -0.2) is 9.97 Å². The molecule has 2 saturated heterocycles. The number of rotatable bonds is 2. The quantitative estimate of drug-likeness (QED) is 0.849. The zero-order chi connectivity index (χ0) is 16.7. The average Bonchev–Trinajstić information content (AvgIpc) is 2.94. The number of hydrogen-bond donors (Lipinski definition) is 0. The summed E-state index contributed by atoms with van der Waals surface area (Å²) in [4.78, 5) is 14.5. The Labute approximate surface area is 143 Å². The van der Waals surface area contributed by atoms with Crippen molar-refractivity contribution in [2.75, 3.05) is 45.2 Å². The molecule has 4 rings (SSSR count). The van der Waals surface area contributed by atoms with E-state index in [0.29, 0.717) is 5.41 Å². The van der Waals surface area contributed by atoms with E-state index in [2.05, 4.69) is 29.8 Å². The molecule has 2 aliphatic heterocycles. The fourth-order valence-corrected chi connectivity index (χ4v) is 4.39. The first-order chi connectivity index (χ1) is 11.6. The Balaban J connectivity index is 1.68. The predicted octanol–water partition coefficient (Wildman–Crippen LogP) is 2.87. The van der Waals surface area contributed by atoms with Gasteiger partial charge in [0.05, 0.1) is 18.3 Å². The maximum Gasteiger partial charge on any atom is 0.226 e. The molecule has 1 atom stereocenters. The van der Waals surface area contributed by atoms with Gasteiger partial charge < -0.3 is 14.5 Å². The third kappa shape index (κ3) is 2.71. The highest BCUT2D eigenvalue weighted by atomic mass is 16.5. The lowest BCUT2D eigenvalue weighted by atomic mass is 9.79. The van der Waals surface area contributed by atoms with Crippen LogP contribution in [0.25, 0.3) is 10.9 Å². The summed E-state index contributed by atoms with van der Waals surface area (Å²) in [6.07, 6.45) is 3.85. The van der Waals surface area contributed by atoms with Crippen molar-refractivity contribution in [3.8, 4) is 5.75 Å². The zero-order valence-electron chi connectivity index (χ0n) is 14.9. The second kappa shape index (κ2) is 5.88. The number of aryl methyl sites for hydroxylation is 1. The van der Waals surface area contributed by atoms with Crippen LogP contribution in [0.2, 0.25) is 0 Å². The van der Waals surface area contributed by atoms with Crippen LogP contribution < -0.4 is 9.64 Å². The Bertz CT molecular complexity index is 758. The van der Waals surface area contributed by atoms with E-state index in [-0.39, 0.29) is 0 Å². The summed E-state index contributed by atoms with van der Waals surface area (Å²) in [6, 6.07) is 6.04. The molecule has 0 aliphatic carbocycles. The summed E-state index contributed by atoms with van der Waals surface area (Å²) in [6.45, 7) is 6.61. The molecule has 0 saturated carbocycles. The van der Waals surface area contributed by atoms with Crippen molar-refractivity contribution in [1.82, 2.24) is 14.9 Å². The molecule has 1 aromatic heterocycles. The largest absolute Gasteiger partial charge is 0.497 e. The van der Waals surface area contributed by atoms with Gasteiger partial charge in [-0.05, 0) is 51.9 Å². The van der Waals surface area contributed by atoms with Gasteiger partial charge in [0.2, 0.25) is 5.95 Å². The van der Waals surface area contributed by atoms with Gasteiger partial charge in [0.25, 0.3) is 0 Å². The molecule has 2 fully saturated rings. The lowest BCUT2D eigenvalue weighted by Gasteiger charge is -2.40. The molecular weight excluding hydrogens is 300 g/mol. The summed E-state index contributed by atoms with van der Waals surface area (Å²) in [7, 11) is 3.93. The van der Waals surface area contributed by atoms with Crippen LogP contribution >= 0.6 is 0 Å². The van der Waals surface area contributed by atoms with Crippen molar-refractivity contribution in [1.29, 1.82) is 0 Å². The first-order valence-electron chi connectivity index (χ1n) is 8.84. The fourth-order valence-electron chi connectivity index (χ4n) is 4.39. The number of fused-ring (bicyclic) bond motifs is 1. The number of piperidine rings is 1. The Kier molecular flexibility index (Phi) is 3.83. The molecule has 3 heterocycles. The third-order valence-corrected chi connectivity index (χ3v) is 5.66. The smallest absolute Gasteiger partial charge is 0.226 e. The van der Waals surface area contributed by atoms with E-state index in [1.165, 1.54) is 32.4 Å². The van der Waals surface area contributed by atoms with Crippen LogP contribution in [0.1, 0.15) is 25.0 Å². The lowest BCUT2D eigenvalue weighted by Crippen LogP contribution is -2.45. The first-order valence-corrected chi connectivity index (χ1v) is 8.84. The van der Waals surface area contributed by atoms with E-state index >= 15 is 0 Å². The van der Waals surface area contributed by atoms with Gasteiger partial charge in [0.15, 0.2) is 0 Å². The molecule has 0 bridgehead atoms. The molecule has 5 nitrogen and oxygen atoms in total. The van der Waals surface area contributed by atoms with Crippen molar-refractivity contribution in [3.63, 3.8) is 0 Å². The molecule has 128 valence electrons. The zero-order valence-corrected chi connectivity index (χ0v) is 14.9. The van der Waals surface area contributed by atoms with Crippen molar-refractivity contribution in [2.45, 2.75) is 26.2 Å². The van der Waals surface area contributed by atoms with Crippen LogP contribution in [0, 0.1) is 12.3 Å². The molecular formula is C19H26N4O. The average molecular weight is 326 g/mol. The van der Waals surface area contributed by atoms with E-state index in [1.807, 2.05) is 12.1 Å². The minimum atomic E-state index is 0.424. The number of ether oxygens (including phenoxy) is 1. The Morgan fingerprint density at radius 1 is 1.12 bits per heavy atom. The summed E-state index contributed by atoms with van der Waals surface area (Å²) in [5, 5.41) is 1.10. The second-order valence-corrected chi connectivity index (χ2v) is 7.50. The van der Waals surface area contributed by atoms with Crippen LogP contribution in [0.4, 0.5) is 5.95 Å². The number of anilines is 1. The number of hydrogen-bond acceptors (Lipinski definition) is 5. The molecule has 1 aromatic carbocycles. The van der Waals surface area contributed by atoms with E-state index in [9.17, 15) is 0 Å². The van der Waals surface area contributed by atoms with Gasteiger partial charge in [0, 0.05) is 36.5 Å². The minimum absolute atomic E-state index is 0.424. The number of methoxy groups -OCH3 is 1. The van der Waals surface area contributed by atoms with Gasteiger partial charge in [-0.3, -0.25) is 0 Å². The summed E-state index contributed by atoms with van der Waals surface area (Å²) < 4.78 is 5.36. The summed E-state index contributed by atoms with van der Waals surface area (Å²) >= 11 is 0. The maximum atomic E-state index is 5.36. The Morgan fingerprint density at radius 2 is 2.00 bits per heavy atom. The Hall–Kier alpha value is -1.88. The van der Waals surface area contributed by atoms with Crippen molar-refractivity contribution >= 4 is 16.9 Å². The molecule has 1 unspecified atom stereocenters. The molecule has 0 amide bonds. The van der Waals surface area contributed by atoms with Gasteiger partial charge in [0.1, 0.15) is 5.75 Å². The summed E-state index contributed by atoms with van der Waals surface area (Å²) in [5.74, 6) is 1.72. The van der Waals surface area contributed by atoms with E-state index < -0.39 is 0 Å². The summed E-state index contributed by atoms with van der Waals surface area (Å²) in [5.41, 5.74) is 2.44. The SMILES string of the molecule is COc1ccc2c(C)nc(N3CCCC4(CCN(C)C4)C3)nc2c1. The van der Waals surface area contributed by atoms with Crippen LogP contribution in [-0.4, -0.2) is 55.2 Å². The van der Waals surface area contributed by atoms with E-state index in [4.69, 9.17) is 14.7 Å². The molecule has 24 heavy (non-hydrogen) atoms. The number of nitrogens with zero attached hydrogens (tertiary/aromatic N) is 4. The van der Waals surface area contributed by atoms with Gasteiger partial charge in [-0.15, -0.1) is 0 Å². The third-order valence-electron chi connectivity index (χ3n) is 5.66. The van der Waals surface area contributed by atoms with Crippen LogP contribution in [0.3, 0.4) is 0 Å². The first kappa shape index (κ1) is 15.6. The van der Waals surface area contributed by atoms with E-state index in [0.717, 1.165) is 41.4 Å². The molecule has 1 spiro atoms. The normalized spacial score (nSPS) is 24.9. The molecule has 2 aromatic rings.